The Balaban J connectivity index is 2.79. The molecule has 4 heteroatoms. The van der Waals surface area contributed by atoms with E-state index in [0.29, 0.717) is 18.5 Å². The van der Waals surface area contributed by atoms with Crippen molar-refractivity contribution in [1.29, 1.82) is 0 Å². The van der Waals surface area contributed by atoms with Gasteiger partial charge in [-0.1, -0.05) is 0 Å². The minimum Gasteiger partial charge on any atom is -0.507 e. The molecule has 0 aliphatic carbocycles. The summed E-state index contributed by atoms with van der Waals surface area (Å²) in [5.74, 6) is -0.0142. The van der Waals surface area contributed by atoms with Crippen LogP contribution in [-0.2, 0) is 6.42 Å². The van der Waals surface area contributed by atoms with E-state index in [0.717, 1.165) is 12.5 Å². The minimum atomic E-state index is -0.538. The van der Waals surface area contributed by atoms with E-state index in [1.165, 1.54) is 6.26 Å². The smallest absolute Gasteiger partial charge is 0.339 e. The van der Waals surface area contributed by atoms with Crippen LogP contribution >= 0.6 is 0 Å². The molecule has 0 atom stereocenters. The van der Waals surface area contributed by atoms with Gasteiger partial charge in [0.2, 0.25) is 0 Å². The van der Waals surface area contributed by atoms with Crippen LogP contribution < -0.4 is 11.4 Å². The largest absolute Gasteiger partial charge is 0.507 e. The lowest BCUT2D eigenvalue weighted by Crippen LogP contribution is -2.02. The van der Waals surface area contributed by atoms with Gasteiger partial charge in [-0.3, -0.25) is 0 Å². The average Bonchev–Trinajstić information content (AvgIpc) is 2.03. The van der Waals surface area contributed by atoms with E-state index in [2.05, 4.69) is 4.42 Å². The molecule has 1 rings (SSSR count). The van der Waals surface area contributed by atoms with Crippen molar-refractivity contribution in [2.24, 2.45) is 5.73 Å². The molecule has 0 unspecified atom stereocenters. The van der Waals surface area contributed by atoms with Gasteiger partial charge < -0.3 is 15.3 Å². The maximum Gasteiger partial charge on any atom is 0.339 e. The number of rotatable bonds is 3. The molecule has 1 heterocycles. The summed E-state index contributed by atoms with van der Waals surface area (Å²) < 4.78 is 4.58. The summed E-state index contributed by atoms with van der Waals surface area (Å²) in [5, 5.41) is 9.22. The van der Waals surface area contributed by atoms with E-state index in [1.807, 2.05) is 0 Å². The van der Waals surface area contributed by atoms with E-state index in [-0.39, 0.29) is 5.75 Å². The highest BCUT2D eigenvalue weighted by Gasteiger charge is 2.01. The molecule has 1 aromatic rings. The SMILES string of the molecule is NCCCc1coc(=O)cc1O. The lowest BCUT2D eigenvalue weighted by atomic mass is 10.1. The number of aromatic hydroxyl groups is 1. The second kappa shape index (κ2) is 3.92. The maximum absolute atomic E-state index is 10.6. The molecule has 0 fully saturated rings. The second-order valence-corrected chi connectivity index (χ2v) is 2.50. The van der Waals surface area contributed by atoms with Gasteiger partial charge >= 0.3 is 5.63 Å². The van der Waals surface area contributed by atoms with Gasteiger partial charge in [0.15, 0.2) is 0 Å². The van der Waals surface area contributed by atoms with E-state index in [9.17, 15) is 9.90 Å². The maximum atomic E-state index is 10.6. The Bertz CT molecular complexity index is 305. The predicted octanol–water partition coefficient (Wildman–Crippen LogP) is 0.237. The molecule has 0 bridgehead atoms. The van der Waals surface area contributed by atoms with E-state index in [1.54, 1.807) is 0 Å². The van der Waals surface area contributed by atoms with Crippen molar-refractivity contribution >= 4 is 0 Å². The number of hydrogen-bond acceptors (Lipinski definition) is 4. The first-order chi connectivity index (χ1) is 5.74. The lowest BCUT2D eigenvalue weighted by molar-refractivity contribution is 0.435. The molecule has 66 valence electrons. The summed E-state index contributed by atoms with van der Waals surface area (Å²) in [5.41, 5.74) is 5.37. The van der Waals surface area contributed by atoms with Gasteiger partial charge in [0.1, 0.15) is 12.0 Å². The molecule has 1 aromatic heterocycles. The van der Waals surface area contributed by atoms with Crippen molar-refractivity contribution in [3.05, 3.63) is 28.3 Å². The Morgan fingerprint density at radius 1 is 1.58 bits per heavy atom. The lowest BCUT2D eigenvalue weighted by Gasteiger charge is -1.99. The molecule has 0 aliphatic heterocycles. The normalized spacial score (nSPS) is 10.1. The van der Waals surface area contributed by atoms with Gasteiger partial charge in [0, 0.05) is 5.56 Å². The molecule has 0 saturated heterocycles. The molecule has 0 aromatic carbocycles. The van der Waals surface area contributed by atoms with Crippen LogP contribution in [0.1, 0.15) is 12.0 Å². The first kappa shape index (κ1) is 8.80. The van der Waals surface area contributed by atoms with Crippen molar-refractivity contribution in [1.82, 2.24) is 0 Å². The minimum absolute atomic E-state index is 0.0142. The van der Waals surface area contributed by atoms with Gasteiger partial charge in [-0.25, -0.2) is 4.79 Å². The fraction of sp³-hybridized carbons (Fsp3) is 0.375. The summed E-state index contributed by atoms with van der Waals surface area (Å²) in [6.07, 6.45) is 2.67. The van der Waals surface area contributed by atoms with Gasteiger partial charge in [0.05, 0.1) is 6.07 Å². The van der Waals surface area contributed by atoms with Gasteiger partial charge in [-0.2, -0.15) is 0 Å². The van der Waals surface area contributed by atoms with Gasteiger partial charge in [-0.15, -0.1) is 0 Å². The molecular weight excluding hydrogens is 158 g/mol. The van der Waals surface area contributed by atoms with Crippen LogP contribution in [0.25, 0.3) is 0 Å². The summed E-state index contributed by atoms with van der Waals surface area (Å²) in [6, 6.07) is 1.06. The predicted molar refractivity (Wildman–Crippen MR) is 44.0 cm³/mol. The van der Waals surface area contributed by atoms with Crippen LogP contribution in [0.4, 0.5) is 0 Å². The summed E-state index contributed by atoms with van der Waals surface area (Å²) in [4.78, 5) is 10.6. The molecule has 0 spiro atoms. The van der Waals surface area contributed by atoms with Gasteiger partial charge in [-0.05, 0) is 19.4 Å². The van der Waals surface area contributed by atoms with Crippen LogP contribution in [0.5, 0.6) is 5.75 Å². The van der Waals surface area contributed by atoms with E-state index in [4.69, 9.17) is 5.73 Å². The zero-order chi connectivity index (χ0) is 8.97. The molecule has 0 radical (unpaired) electrons. The van der Waals surface area contributed by atoms with Crippen molar-refractivity contribution in [2.75, 3.05) is 6.54 Å². The monoisotopic (exact) mass is 169 g/mol. The fourth-order valence-electron chi connectivity index (χ4n) is 0.907. The molecule has 4 nitrogen and oxygen atoms in total. The van der Waals surface area contributed by atoms with Crippen molar-refractivity contribution in [3.8, 4) is 5.75 Å². The van der Waals surface area contributed by atoms with Crippen LogP contribution in [0.2, 0.25) is 0 Å². The molecular formula is C8H11NO3. The third-order valence-corrected chi connectivity index (χ3v) is 1.55. The summed E-state index contributed by atoms with van der Waals surface area (Å²) in [6.45, 7) is 0.554. The third kappa shape index (κ3) is 2.10. The number of aryl methyl sites for hydroxylation is 1. The van der Waals surface area contributed by atoms with Crippen LogP contribution in [0.15, 0.2) is 21.5 Å². The van der Waals surface area contributed by atoms with Crippen LogP contribution in [0.3, 0.4) is 0 Å². The van der Waals surface area contributed by atoms with Crippen LogP contribution in [0, 0.1) is 0 Å². The highest BCUT2D eigenvalue weighted by atomic mass is 16.4. The van der Waals surface area contributed by atoms with Gasteiger partial charge in [0.25, 0.3) is 0 Å². The van der Waals surface area contributed by atoms with Crippen molar-refractivity contribution < 1.29 is 9.52 Å². The Morgan fingerprint density at radius 3 is 2.92 bits per heavy atom. The Labute approximate surface area is 69.6 Å². The highest BCUT2D eigenvalue weighted by Crippen LogP contribution is 2.14. The second-order valence-electron chi connectivity index (χ2n) is 2.50. The first-order valence-corrected chi connectivity index (χ1v) is 3.75. The Morgan fingerprint density at radius 2 is 2.33 bits per heavy atom. The average molecular weight is 169 g/mol. The highest BCUT2D eigenvalue weighted by molar-refractivity contribution is 5.26. The standard InChI is InChI=1S/C8H11NO3/c9-3-1-2-6-5-12-8(11)4-7(6)10/h4-5,10H,1-3,9H2. The molecule has 3 N–H and O–H groups in total. The summed E-state index contributed by atoms with van der Waals surface area (Å²) >= 11 is 0. The number of hydrogen-bond donors (Lipinski definition) is 2. The first-order valence-electron chi connectivity index (χ1n) is 3.75. The molecule has 0 amide bonds. The molecule has 12 heavy (non-hydrogen) atoms. The van der Waals surface area contributed by atoms with E-state index >= 15 is 0 Å². The van der Waals surface area contributed by atoms with E-state index < -0.39 is 5.63 Å². The summed E-state index contributed by atoms with van der Waals surface area (Å²) in [7, 11) is 0. The quantitative estimate of drug-likeness (QED) is 0.679. The molecule has 0 saturated carbocycles. The topological polar surface area (TPSA) is 76.5 Å². The Kier molecular flexibility index (Phi) is 2.88. The number of nitrogens with two attached hydrogens (primary N) is 1. The molecule has 0 aliphatic rings. The zero-order valence-electron chi connectivity index (χ0n) is 6.62. The van der Waals surface area contributed by atoms with Crippen molar-refractivity contribution in [3.63, 3.8) is 0 Å². The third-order valence-electron chi connectivity index (χ3n) is 1.55. The van der Waals surface area contributed by atoms with Crippen LogP contribution in [-0.4, -0.2) is 11.7 Å². The fourth-order valence-corrected chi connectivity index (χ4v) is 0.907. The van der Waals surface area contributed by atoms with Crippen molar-refractivity contribution in [2.45, 2.75) is 12.8 Å². The zero-order valence-corrected chi connectivity index (χ0v) is 6.62. The Hall–Kier alpha value is -1.29.